The van der Waals surface area contributed by atoms with Crippen molar-refractivity contribution in [3.8, 4) is 0 Å². The lowest BCUT2D eigenvalue weighted by Gasteiger charge is -2.42. The number of allylic oxidation sites excluding steroid dienone is 2. The van der Waals surface area contributed by atoms with Crippen molar-refractivity contribution in [3.05, 3.63) is 33.5 Å². The smallest absolute Gasteiger partial charge is 0.200 e. The summed E-state index contributed by atoms with van der Waals surface area (Å²) in [6, 6.07) is 0. The quantitative estimate of drug-likeness (QED) is 0.170. The van der Waals surface area contributed by atoms with Gasteiger partial charge in [-0.3, -0.25) is 0 Å². The van der Waals surface area contributed by atoms with Crippen molar-refractivity contribution in [1.82, 2.24) is 0 Å². The van der Waals surface area contributed by atoms with Crippen LogP contribution in [0, 0.1) is 11.8 Å². The Bertz CT molecular complexity index is 613. The Labute approximate surface area is 194 Å². The molecule has 0 aromatic heterocycles. The zero-order chi connectivity index (χ0) is 21.9. The van der Waals surface area contributed by atoms with Gasteiger partial charge in [0.1, 0.15) is 0 Å². The summed E-state index contributed by atoms with van der Waals surface area (Å²) in [4.78, 5) is 0. The average molecular weight is 531 g/mol. The molecule has 0 amide bonds. The van der Waals surface area contributed by atoms with Crippen molar-refractivity contribution in [2.45, 2.75) is 103 Å². The van der Waals surface area contributed by atoms with E-state index < -0.39 is 8.32 Å². The maximum absolute atomic E-state index is 6.74. The molecular formula is C25H43IO2Si. The zero-order valence-electron chi connectivity index (χ0n) is 19.9. The van der Waals surface area contributed by atoms with Gasteiger partial charge in [-0.05, 0) is 87.4 Å². The molecule has 29 heavy (non-hydrogen) atoms. The molecule has 1 fully saturated rings. The summed E-state index contributed by atoms with van der Waals surface area (Å²) in [7, 11) is -1.77. The van der Waals surface area contributed by atoms with Crippen LogP contribution in [0.3, 0.4) is 0 Å². The molecule has 1 heterocycles. The van der Waals surface area contributed by atoms with Crippen molar-refractivity contribution >= 4 is 30.9 Å². The molecule has 1 aliphatic heterocycles. The highest BCUT2D eigenvalue weighted by molar-refractivity contribution is 14.1. The molecule has 166 valence electrons. The molecule has 0 radical (unpaired) electrons. The van der Waals surface area contributed by atoms with Gasteiger partial charge in [-0.2, -0.15) is 0 Å². The van der Waals surface area contributed by atoms with Crippen LogP contribution in [0.4, 0.5) is 0 Å². The van der Waals surface area contributed by atoms with Crippen LogP contribution in [0.15, 0.2) is 33.5 Å². The van der Waals surface area contributed by atoms with Crippen LogP contribution < -0.4 is 0 Å². The van der Waals surface area contributed by atoms with Crippen LogP contribution in [0.2, 0.25) is 16.6 Å². The summed E-state index contributed by atoms with van der Waals surface area (Å²) in [5.41, 5.74) is 4.67. The summed E-state index contributed by atoms with van der Waals surface area (Å²) in [5.74, 6) is 1.15. The van der Waals surface area contributed by atoms with Gasteiger partial charge in [0.05, 0.1) is 12.2 Å². The summed E-state index contributed by atoms with van der Waals surface area (Å²) in [6.07, 6.45) is 8.44. The standard InChI is InChI=1S/C25H43IO2Si/c1-16(2)23-12-20(9)13-25-24(23)15-22(28-25)14-21(26)10-11-27-29(17(3)4,18(5)6)19(7)8/h13-14,17-19,22-25H,1,10-12,15H2,2-9H3/b21-14+/t22-,23-,24-,25+/m0/s1. The number of halogens is 1. The van der Waals surface area contributed by atoms with Gasteiger partial charge in [0.15, 0.2) is 8.32 Å². The van der Waals surface area contributed by atoms with Gasteiger partial charge in [-0.15, -0.1) is 0 Å². The normalized spacial score (nSPS) is 28.3. The van der Waals surface area contributed by atoms with Gasteiger partial charge in [-0.25, -0.2) is 0 Å². The highest BCUT2D eigenvalue weighted by Crippen LogP contribution is 2.44. The second kappa shape index (κ2) is 10.6. The molecule has 2 rings (SSSR count). The Morgan fingerprint density at radius 3 is 2.34 bits per heavy atom. The van der Waals surface area contributed by atoms with E-state index in [0.29, 0.717) is 28.5 Å². The molecule has 0 N–H and O–H groups in total. The van der Waals surface area contributed by atoms with E-state index in [4.69, 9.17) is 9.16 Å². The molecule has 1 saturated heterocycles. The van der Waals surface area contributed by atoms with E-state index in [-0.39, 0.29) is 12.2 Å². The molecule has 2 nitrogen and oxygen atoms in total. The van der Waals surface area contributed by atoms with E-state index in [1.54, 1.807) is 0 Å². The maximum atomic E-state index is 6.74. The fourth-order valence-electron chi connectivity index (χ4n) is 5.92. The van der Waals surface area contributed by atoms with Gasteiger partial charge in [0.25, 0.3) is 0 Å². The first-order valence-corrected chi connectivity index (χ1v) is 14.7. The lowest BCUT2D eigenvalue weighted by Crippen LogP contribution is -2.47. The number of rotatable bonds is 9. The number of hydrogen-bond acceptors (Lipinski definition) is 2. The summed E-state index contributed by atoms with van der Waals surface area (Å²) in [5, 5.41) is 0. The molecular weight excluding hydrogens is 487 g/mol. The van der Waals surface area contributed by atoms with Crippen LogP contribution in [-0.2, 0) is 9.16 Å². The molecule has 0 spiro atoms. The van der Waals surface area contributed by atoms with E-state index in [1.807, 2.05) is 0 Å². The van der Waals surface area contributed by atoms with Crippen molar-refractivity contribution in [1.29, 1.82) is 0 Å². The average Bonchev–Trinajstić information content (AvgIpc) is 2.98. The minimum atomic E-state index is -1.77. The Kier molecular flexibility index (Phi) is 9.27. The molecule has 0 bridgehead atoms. The monoisotopic (exact) mass is 530 g/mol. The molecule has 0 aromatic carbocycles. The largest absolute Gasteiger partial charge is 0.416 e. The van der Waals surface area contributed by atoms with E-state index in [1.165, 1.54) is 14.7 Å². The number of fused-ring (bicyclic) bond motifs is 1. The lowest BCUT2D eigenvalue weighted by atomic mass is 9.74. The van der Waals surface area contributed by atoms with Crippen LogP contribution in [0.25, 0.3) is 0 Å². The van der Waals surface area contributed by atoms with Gasteiger partial charge >= 0.3 is 0 Å². The van der Waals surface area contributed by atoms with Crippen molar-refractivity contribution in [2.24, 2.45) is 11.8 Å². The Hall–Kier alpha value is 0.0869. The summed E-state index contributed by atoms with van der Waals surface area (Å²) >= 11 is 2.50. The third-order valence-electron chi connectivity index (χ3n) is 7.17. The van der Waals surface area contributed by atoms with Crippen molar-refractivity contribution in [3.63, 3.8) is 0 Å². The Balaban J connectivity index is 1.98. The molecule has 0 aromatic rings. The molecule has 2 aliphatic rings. The summed E-state index contributed by atoms with van der Waals surface area (Å²) in [6.45, 7) is 23.6. The number of hydrogen-bond donors (Lipinski definition) is 0. The maximum Gasteiger partial charge on any atom is 0.200 e. The highest BCUT2D eigenvalue weighted by atomic mass is 127. The molecule has 4 atom stereocenters. The SMILES string of the molecule is C=C(C)[C@@H]1CC(C)=C[C@H]2O[C@@H](/C=C(/I)CCO[Si](C(C)C)(C(C)C)C(C)C)C[C@H]21. The summed E-state index contributed by atoms with van der Waals surface area (Å²) < 4.78 is 14.5. The number of ether oxygens (including phenoxy) is 1. The predicted molar refractivity (Wildman–Crippen MR) is 137 cm³/mol. The van der Waals surface area contributed by atoms with Crippen LogP contribution >= 0.6 is 22.6 Å². The van der Waals surface area contributed by atoms with Gasteiger partial charge in [-0.1, -0.05) is 65.3 Å². The second-order valence-corrected chi connectivity index (χ2v) is 17.1. The van der Waals surface area contributed by atoms with Crippen molar-refractivity contribution < 1.29 is 9.16 Å². The first-order valence-electron chi connectivity index (χ1n) is 11.5. The predicted octanol–water partition coefficient (Wildman–Crippen LogP) is 8.20. The second-order valence-electron chi connectivity index (χ2n) is 10.2. The minimum absolute atomic E-state index is 0.225. The van der Waals surface area contributed by atoms with E-state index in [9.17, 15) is 0 Å². The third-order valence-corrected chi connectivity index (χ3v) is 14.2. The minimum Gasteiger partial charge on any atom is -0.416 e. The fourth-order valence-corrected chi connectivity index (χ4v) is 12.0. The molecule has 4 heteroatoms. The third kappa shape index (κ3) is 5.87. The fraction of sp³-hybridized carbons (Fsp3) is 0.760. The lowest BCUT2D eigenvalue weighted by molar-refractivity contribution is 0.0772. The van der Waals surface area contributed by atoms with Crippen molar-refractivity contribution in [2.75, 3.05) is 6.61 Å². The van der Waals surface area contributed by atoms with Crippen LogP contribution in [0.1, 0.15) is 74.7 Å². The van der Waals surface area contributed by atoms with Crippen LogP contribution in [0.5, 0.6) is 0 Å². The van der Waals surface area contributed by atoms with Gasteiger partial charge < -0.3 is 9.16 Å². The molecule has 1 aliphatic carbocycles. The van der Waals surface area contributed by atoms with E-state index in [2.05, 4.69) is 96.7 Å². The van der Waals surface area contributed by atoms with Gasteiger partial charge in [0, 0.05) is 13.0 Å². The zero-order valence-corrected chi connectivity index (χ0v) is 23.1. The highest BCUT2D eigenvalue weighted by Gasteiger charge is 2.45. The topological polar surface area (TPSA) is 18.5 Å². The van der Waals surface area contributed by atoms with Gasteiger partial charge in [0.2, 0.25) is 0 Å². The first-order chi connectivity index (χ1) is 13.5. The Morgan fingerprint density at radius 2 is 1.83 bits per heavy atom. The van der Waals surface area contributed by atoms with E-state index >= 15 is 0 Å². The van der Waals surface area contributed by atoms with Crippen LogP contribution in [-0.4, -0.2) is 27.1 Å². The molecule has 0 unspecified atom stereocenters. The van der Waals surface area contributed by atoms with E-state index in [0.717, 1.165) is 25.9 Å². The first kappa shape index (κ1) is 25.3. The Morgan fingerprint density at radius 1 is 1.24 bits per heavy atom. The molecule has 0 saturated carbocycles.